The Labute approximate surface area is 167 Å². The average molecular weight is 390 g/mol. The van der Waals surface area contributed by atoms with Crippen molar-refractivity contribution in [1.29, 1.82) is 0 Å². The fourth-order valence-electron chi connectivity index (χ4n) is 3.22. The number of carbonyl (C=O) groups is 1. The number of hydrogen-bond acceptors (Lipinski definition) is 4. The van der Waals surface area contributed by atoms with Crippen molar-refractivity contribution in [2.45, 2.75) is 20.0 Å². The number of anilines is 1. The second-order valence-corrected chi connectivity index (χ2v) is 6.69. The summed E-state index contributed by atoms with van der Waals surface area (Å²) in [6.07, 6.45) is 0. The first kappa shape index (κ1) is 21.1. The van der Waals surface area contributed by atoms with Crippen LogP contribution in [0.5, 0.6) is 5.75 Å². The van der Waals surface area contributed by atoms with Crippen molar-refractivity contribution in [3.8, 4) is 5.75 Å². The summed E-state index contributed by atoms with van der Waals surface area (Å²) < 4.78 is 5.33. The van der Waals surface area contributed by atoms with Crippen LogP contribution < -0.4 is 15.0 Å². The second kappa shape index (κ2) is 10.2. The van der Waals surface area contributed by atoms with Crippen LogP contribution in [0.4, 0.5) is 5.69 Å². The molecule has 1 saturated heterocycles. The number of nitrogens with one attached hydrogen (secondary N) is 1. The zero-order valence-corrected chi connectivity index (χ0v) is 16.8. The van der Waals surface area contributed by atoms with Crippen molar-refractivity contribution in [2.24, 2.45) is 0 Å². The Balaban J connectivity index is 0.00000261. The number of nitrogens with zero attached hydrogens (tertiary/aromatic N) is 2. The number of halogens is 1. The lowest BCUT2D eigenvalue weighted by Gasteiger charge is -2.36. The smallest absolute Gasteiger partial charge is 0.217 e. The Kier molecular flexibility index (Phi) is 7.95. The average Bonchev–Trinajstić information content (AvgIpc) is 2.68. The fourth-order valence-corrected chi connectivity index (χ4v) is 3.22. The van der Waals surface area contributed by atoms with Gasteiger partial charge in [-0.3, -0.25) is 9.69 Å². The summed E-state index contributed by atoms with van der Waals surface area (Å²) in [6, 6.07) is 16.8. The molecule has 5 nitrogen and oxygen atoms in total. The number of ether oxygens (including phenoxy) is 1. The van der Waals surface area contributed by atoms with Gasteiger partial charge in [-0.2, -0.15) is 0 Å². The first-order valence-electron chi connectivity index (χ1n) is 9.07. The van der Waals surface area contributed by atoms with Gasteiger partial charge in [-0.25, -0.2) is 0 Å². The van der Waals surface area contributed by atoms with Crippen LogP contribution in [-0.4, -0.2) is 44.1 Å². The highest BCUT2D eigenvalue weighted by Crippen LogP contribution is 2.22. The summed E-state index contributed by atoms with van der Waals surface area (Å²) in [6.45, 7) is 7.23. The molecule has 146 valence electrons. The molecule has 1 fully saturated rings. The predicted octanol–water partition coefficient (Wildman–Crippen LogP) is 3.08. The molecular formula is C21H28ClN3O2. The van der Waals surface area contributed by atoms with E-state index in [1.165, 1.54) is 11.3 Å². The summed E-state index contributed by atoms with van der Waals surface area (Å²) in [7, 11) is 1.71. The number of piperazine rings is 1. The van der Waals surface area contributed by atoms with Crippen molar-refractivity contribution >= 4 is 24.0 Å². The minimum absolute atomic E-state index is 0. The molecule has 27 heavy (non-hydrogen) atoms. The molecule has 2 aromatic carbocycles. The van der Waals surface area contributed by atoms with Gasteiger partial charge in [0.2, 0.25) is 5.91 Å². The lowest BCUT2D eigenvalue weighted by Crippen LogP contribution is -2.45. The Morgan fingerprint density at radius 1 is 1.04 bits per heavy atom. The number of amides is 1. The molecule has 0 aliphatic carbocycles. The van der Waals surface area contributed by atoms with Gasteiger partial charge < -0.3 is 15.0 Å². The van der Waals surface area contributed by atoms with Crippen LogP contribution >= 0.6 is 12.4 Å². The molecule has 1 N–H and O–H groups in total. The highest BCUT2D eigenvalue weighted by molar-refractivity contribution is 5.85. The van der Waals surface area contributed by atoms with E-state index in [4.69, 9.17) is 4.74 Å². The third-order valence-corrected chi connectivity index (χ3v) is 4.76. The van der Waals surface area contributed by atoms with E-state index < -0.39 is 0 Å². The Hall–Kier alpha value is -2.24. The molecule has 3 rings (SSSR count). The molecule has 0 radical (unpaired) electrons. The van der Waals surface area contributed by atoms with Gasteiger partial charge in [-0.1, -0.05) is 30.3 Å². The molecule has 1 aliphatic heterocycles. The highest BCUT2D eigenvalue weighted by atomic mass is 35.5. The Morgan fingerprint density at radius 3 is 2.33 bits per heavy atom. The van der Waals surface area contributed by atoms with E-state index in [9.17, 15) is 4.79 Å². The van der Waals surface area contributed by atoms with Crippen molar-refractivity contribution in [1.82, 2.24) is 10.2 Å². The van der Waals surface area contributed by atoms with Crippen LogP contribution in [0.25, 0.3) is 0 Å². The minimum Gasteiger partial charge on any atom is -0.497 e. The van der Waals surface area contributed by atoms with E-state index in [1.807, 2.05) is 12.1 Å². The molecule has 1 aliphatic rings. The van der Waals surface area contributed by atoms with Crippen LogP contribution in [0.1, 0.15) is 18.1 Å². The lowest BCUT2D eigenvalue weighted by atomic mass is 10.1. The molecule has 0 atom stereocenters. The first-order chi connectivity index (χ1) is 12.6. The zero-order chi connectivity index (χ0) is 18.4. The number of hydrogen-bond donors (Lipinski definition) is 1. The van der Waals surface area contributed by atoms with Gasteiger partial charge in [0, 0.05) is 57.9 Å². The number of methoxy groups -OCH3 is 1. The van der Waals surface area contributed by atoms with Crippen molar-refractivity contribution in [3.05, 3.63) is 59.7 Å². The van der Waals surface area contributed by atoms with E-state index in [1.54, 1.807) is 14.0 Å². The maximum atomic E-state index is 11.0. The Bertz CT molecular complexity index is 728. The van der Waals surface area contributed by atoms with Crippen LogP contribution in [0.3, 0.4) is 0 Å². The molecular weight excluding hydrogens is 362 g/mol. The maximum absolute atomic E-state index is 11.0. The monoisotopic (exact) mass is 389 g/mol. The summed E-state index contributed by atoms with van der Waals surface area (Å²) in [5.41, 5.74) is 3.67. The van der Waals surface area contributed by atoms with Gasteiger partial charge in [0.1, 0.15) is 5.75 Å². The van der Waals surface area contributed by atoms with Gasteiger partial charge in [0.15, 0.2) is 0 Å². The molecule has 0 unspecified atom stereocenters. The maximum Gasteiger partial charge on any atom is 0.217 e. The summed E-state index contributed by atoms with van der Waals surface area (Å²) >= 11 is 0. The lowest BCUT2D eigenvalue weighted by molar-refractivity contribution is -0.119. The largest absolute Gasteiger partial charge is 0.497 e. The third-order valence-electron chi connectivity index (χ3n) is 4.76. The second-order valence-electron chi connectivity index (χ2n) is 6.69. The SMILES string of the molecule is COc1cccc(N2CCN(Cc3ccc(CNC(C)=O)cc3)CC2)c1.Cl. The Morgan fingerprint density at radius 2 is 1.70 bits per heavy atom. The molecule has 2 aromatic rings. The van der Waals surface area contributed by atoms with E-state index in [-0.39, 0.29) is 18.3 Å². The molecule has 0 spiro atoms. The van der Waals surface area contributed by atoms with E-state index >= 15 is 0 Å². The fraction of sp³-hybridized carbons (Fsp3) is 0.381. The minimum atomic E-state index is 0. The molecule has 0 aromatic heterocycles. The van der Waals surface area contributed by atoms with Gasteiger partial charge in [0.25, 0.3) is 0 Å². The quantitative estimate of drug-likeness (QED) is 0.824. The summed E-state index contributed by atoms with van der Waals surface area (Å²) in [4.78, 5) is 15.9. The number of benzene rings is 2. The van der Waals surface area contributed by atoms with E-state index in [2.05, 4.69) is 51.5 Å². The van der Waals surface area contributed by atoms with Crippen molar-refractivity contribution in [3.63, 3.8) is 0 Å². The third kappa shape index (κ3) is 6.15. The van der Waals surface area contributed by atoms with E-state index in [0.29, 0.717) is 6.54 Å². The first-order valence-corrected chi connectivity index (χ1v) is 9.07. The van der Waals surface area contributed by atoms with Gasteiger partial charge in [-0.05, 0) is 23.3 Å². The summed E-state index contributed by atoms with van der Waals surface area (Å²) in [5, 5.41) is 2.83. The number of rotatable bonds is 6. The van der Waals surface area contributed by atoms with Crippen LogP contribution in [0, 0.1) is 0 Å². The predicted molar refractivity (Wildman–Crippen MR) is 112 cm³/mol. The van der Waals surface area contributed by atoms with E-state index in [0.717, 1.165) is 44.0 Å². The van der Waals surface area contributed by atoms with Crippen LogP contribution in [-0.2, 0) is 17.9 Å². The van der Waals surface area contributed by atoms with Gasteiger partial charge in [0.05, 0.1) is 7.11 Å². The normalized spacial score (nSPS) is 14.4. The van der Waals surface area contributed by atoms with Crippen molar-refractivity contribution < 1.29 is 9.53 Å². The molecule has 0 bridgehead atoms. The highest BCUT2D eigenvalue weighted by Gasteiger charge is 2.17. The standard InChI is InChI=1S/C21H27N3O2.ClH/c1-17(25)22-15-18-6-8-19(9-7-18)16-23-10-12-24(13-11-23)20-4-3-5-21(14-20)26-2;/h3-9,14H,10-13,15-16H2,1-2H3,(H,22,25);1H. The molecule has 1 heterocycles. The molecule has 1 amide bonds. The topological polar surface area (TPSA) is 44.8 Å². The number of carbonyl (C=O) groups excluding carboxylic acids is 1. The van der Waals surface area contributed by atoms with Gasteiger partial charge >= 0.3 is 0 Å². The zero-order valence-electron chi connectivity index (χ0n) is 16.0. The molecule has 6 heteroatoms. The van der Waals surface area contributed by atoms with Crippen LogP contribution in [0.15, 0.2) is 48.5 Å². The van der Waals surface area contributed by atoms with Crippen LogP contribution in [0.2, 0.25) is 0 Å². The summed E-state index contributed by atoms with van der Waals surface area (Å²) in [5.74, 6) is 0.910. The molecule has 0 saturated carbocycles. The van der Waals surface area contributed by atoms with Gasteiger partial charge in [-0.15, -0.1) is 12.4 Å². The van der Waals surface area contributed by atoms with Crippen molar-refractivity contribution in [2.75, 3.05) is 38.2 Å².